The van der Waals surface area contributed by atoms with Crippen molar-refractivity contribution in [2.24, 2.45) is 0 Å². The van der Waals surface area contributed by atoms with E-state index in [4.69, 9.17) is 0 Å². The smallest absolute Gasteiger partial charge is 0.338 e. The molecular formula is C12H16O4S. The van der Waals surface area contributed by atoms with Crippen molar-refractivity contribution in [1.82, 2.24) is 0 Å². The molecule has 0 radical (unpaired) electrons. The molecule has 0 saturated carbocycles. The van der Waals surface area contributed by atoms with Crippen LogP contribution in [0.15, 0.2) is 29.2 Å². The van der Waals surface area contributed by atoms with Crippen LogP contribution in [0.2, 0.25) is 0 Å². The molecule has 0 heterocycles. The Balaban J connectivity index is 2.88. The molecule has 2 unspecified atom stereocenters. The highest BCUT2D eigenvalue weighted by Gasteiger charge is 2.28. The number of thioether (sulfide) groups is 1. The van der Waals surface area contributed by atoms with Crippen LogP contribution >= 0.6 is 11.8 Å². The average molecular weight is 256 g/mol. The highest BCUT2D eigenvalue weighted by atomic mass is 32.2. The second-order valence-electron chi connectivity index (χ2n) is 3.38. The number of ether oxygens (including phenoxy) is 1. The molecule has 1 rings (SSSR count). The zero-order chi connectivity index (χ0) is 12.8. The molecule has 1 aromatic rings. The van der Waals surface area contributed by atoms with Crippen molar-refractivity contribution < 1.29 is 19.7 Å². The van der Waals surface area contributed by atoms with Gasteiger partial charge in [-0.1, -0.05) is 18.2 Å². The minimum absolute atomic E-state index is 0.173. The van der Waals surface area contributed by atoms with Crippen LogP contribution in [0.25, 0.3) is 0 Å². The molecule has 94 valence electrons. The van der Waals surface area contributed by atoms with Gasteiger partial charge < -0.3 is 14.9 Å². The van der Waals surface area contributed by atoms with Gasteiger partial charge in [0.15, 0.2) is 6.10 Å². The van der Waals surface area contributed by atoms with Crippen LogP contribution in [0.4, 0.5) is 0 Å². The fourth-order valence-electron chi connectivity index (χ4n) is 1.44. The van der Waals surface area contributed by atoms with Crippen molar-refractivity contribution in [3.63, 3.8) is 0 Å². The summed E-state index contributed by atoms with van der Waals surface area (Å²) in [6.45, 7) is 1.82. The number of aliphatic hydroxyl groups excluding tert-OH is 2. The van der Waals surface area contributed by atoms with Crippen LogP contribution in [-0.4, -0.2) is 35.1 Å². The molecular weight excluding hydrogens is 240 g/mol. The summed E-state index contributed by atoms with van der Waals surface area (Å²) >= 11 is 1.44. The van der Waals surface area contributed by atoms with Gasteiger partial charge in [-0.25, -0.2) is 4.79 Å². The maximum absolute atomic E-state index is 11.3. The Labute approximate surface area is 105 Å². The van der Waals surface area contributed by atoms with Crippen molar-refractivity contribution in [1.29, 1.82) is 0 Å². The third kappa shape index (κ3) is 3.46. The lowest BCUT2D eigenvalue weighted by molar-refractivity contribution is -0.159. The molecule has 4 nitrogen and oxygen atoms in total. The number of carbonyl (C=O) groups is 1. The number of benzene rings is 1. The molecule has 0 spiro atoms. The van der Waals surface area contributed by atoms with E-state index in [1.807, 2.05) is 18.4 Å². The van der Waals surface area contributed by atoms with Gasteiger partial charge in [-0.2, -0.15) is 0 Å². The van der Waals surface area contributed by atoms with Gasteiger partial charge >= 0.3 is 5.97 Å². The SMILES string of the molecule is CCOC(=O)C(O)C(O)c1ccccc1SC. The van der Waals surface area contributed by atoms with Gasteiger partial charge in [-0.3, -0.25) is 0 Å². The third-order valence-corrected chi connectivity index (χ3v) is 3.10. The van der Waals surface area contributed by atoms with Crippen molar-refractivity contribution in [2.75, 3.05) is 12.9 Å². The summed E-state index contributed by atoms with van der Waals surface area (Å²) in [6, 6.07) is 7.08. The van der Waals surface area contributed by atoms with Crippen LogP contribution in [0.1, 0.15) is 18.6 Å². The van der Waals surface area contributed by atoms with Crippen molar-refractivity contribution in [3.05, 3.63) is 29.8 Å². The summed E-state index contributed by atoms with van der Waals surface area (Å²) in [5, 5.41) is 19.6. The Morgan fingerprint density at radius 1 is 1.41 bits per heavy atom. The van der Waals surface area contributed by atoms with E-state index < -0.39 is 18.2 Å². The monoisotopic (exact) mass is 256 g/mol. The quantitative estimate of drug-likeness (QED) is 0.615. The van der Waals surface area contributed by atoms with E-state index in [1.54, 1.807) is 19.1 Å². The molecule has 5 heteroatoms. The summed E-state index contributed by atoms with van der Waals surface area (Å²) in [4.78, 5) is 12.1. The van der Waals surface area contributed by atoms with Gasteiger partial charge in [-0.05, 0) is 24.8 Å². The van der Waals surface area contributed by atoms with Crippen LogP contribution in [0.3, 0.4) is 0 Å². The molecule has 0 aromatic heterocycles. The second kappa shape index (κ2) is 6.64. The van der Waals surface area contributed by atoms with E-state index in [0.29, 0.717) is 5.56 Å². The summed E-state index contributed by atoms with van der Waals surface area (Å²) in [5.41, 5.74) is 0.528. The predicted molar refractivity (Wildman–Crippen MR) is 65.8 cm³/mol. The second-order valence-corrected chi connectivity index (χ2v) is 4.23. The number of hydrogen-bond donors (Lipinski definition) is 2. The van der Waals surface area contributed by atoms with Crippen molar-refractivity contribution >= 4 is 17.7 Å². The molecule has 1 aromatic carbocycles. The summed E-state index contributed by atoms with van der Waals surface area (Å²) in [7, 11) is 0. The highest BCUT2D eigenvalue weighted by Crippen LogP contribution is 2.27. The maximum Gasteiger partial charge on any atom is 0.338 e. The zero-order valence-electron chi connectivity index (χ0n) is 9.79. The van der Waals surface area contributed by atoms with Gasteiger partial charge in [0, 0.05) is 4.90 Å². The lowest BCUT2D eigenvalue weighted by Gasteiger charge is -2.18. The molecule has 2 N–H and O–H groups in total. The Kier molecular flexibility index (Phi) is 5.47. The van der Waals surface area contributed by atoms with E-state index in [1.165, 1.54) is 11.8 Å². The van der Waals surface area contributed by atoms with Crippen LogP contribution in [0, 0.1) is 0 Å². The maximum atomic E-state index is 11.3. The minimum atomic E-state index is -1.55. The van der Waals surface area contributed by atoms with Crippen molar-refractivity contribution in [2.45, 2.75) is 24.0 Å². The van der Waals surface area contributed by atoms with Gasteiger partial charge in [-0.15, -0.1) is 11.8 Å². The van der Waals surface area contributed by atoms with Crippen LogP contribution in [-0.2, 0) is 9.53 Å². The summed E-state index contributed by atoms with van der Waals surface area (Å²) in [6.07, 6.45) is -0.955. The van der Waals surface area contributed by atoms with E-state index in [-0.39, 0.29) is 6.61 Å². The van der Waals surface area contributed by atoms with E-state index in [9.17, 15) is 15.0 Å². The van der Waals surface area contributed by atoms with Crippen LogP contribution < -0.4 is 0 Å². The third-order valence-electron chi connectivity index (χ3n) is 2.28. The fourth-order valence-corrected chi connectivity index (χ4v) is 2.08. The molecule has 0 aliphatic heterocycles. The first-order chi connectivity index (χ1) is 8.11. The number of hydrogen-bond acceptors (Lipinski definition) is 5. The summed E-state index contributed by atoms with van der Waals surface area (Å²) < 4.78 is 4.66. The minimum Gasteiger partial charge on any atom is -0.464 e. The molecule has 0 fully saturated rings. The first-order valence-electron chi connectivity index (χ1n) is 5.27. The largest absolute Gasteiger partial charge is 0.464 e. The van der Waals surface area contributed by atoms with Gasteiger partial charge in [0.1, 0.15) is 6.10 Å². The molecule has 0 amide bonds. The number of aliphatic hydroxyl groups is 2. The molecule has 0 aliphatic rings. The first-order valence-corrected chi connectivity index (χ1v) is 6.50. The molecule has 0 aliphatic carbocycles. The standard InChI is InChI=1S/C12H16O4S/c1-3-16-12(15)11(14)10(13)8-6-4-5-7-9(8)17-2/h4-7,10-11,13-14H,3H2,1-2H3. The number of carbonyl (C=O) groups excluding carboxylic acids is 1. The first kappa shape index (κ1) is 14.0. The Morgan fingerprint density at radius 2 is 2.06 bits per heavy atom. The van der Waals surface area contributed by atoms with E-state index in [2.05, 4.69) is 4.74 Å². The predicted octanol–water partition coefficient (Wildman–Crippen LogP) is 1.37. The lowest BCUT2D eigenvalue weighted by atomic mass is 10.0. The highest BCUT2D eigenvalue weighted by molar-refractivity contribution is 7.98. The Morgan fingerprint density at radius 3 is 2.65 bits per heavy atom. The summed E-state index contributed by atoms with van der Waals surface area (Å²) in [5.74, 6) is -0.809. The topological polar surface area (TPSA) is 66.8 Å². The Hall–Kier alpha value is -1.04. The fraction of sp³-hybridized carbons (Fsp3) is 0.417. The van der Waals surface area contributed by atoms with Gasteiger partial charge in [0.2, 0.25) is 0 Å². The van der Waals surface area contributed by atoms with Crippen molar-refractivity contribution in [3.8, 4) is 0 Å². The molecule has 2 atom stereocenters. The number of esters is 1. The van der Waals surface area contributed by atoms with E-state index in [0.717, 1.165) is 4.90 Å². The van der Waals surface area contributed by atoms with E-state index >= 15 is 0 Å². The zero-order valence-corrected chi connectivity index (χ0v) is 10.6. The average Bonchev–Trinajstić information content (AvgIpc) is 2.37. The molecule has 0 saturated heterocycles. The van der Waals surface area contributed by atoms with Crippen LogP contribution in [0.5, 0.6) is 0 Å². The van der Waals surface area contributed by atoms with Gasteiger partial charge in [0.25, 0.3) is 0 Å². The Bertz CT molecular complexity index is 381. The molecule has 17 heavy (non-hydrogen) atoms. The normalized spacial score (nSPS) is 14.1. The molecule has 0 bridgehead atoms. The van der Waals surface area contributed by atoms with Gasteiger partial charge in [0.05, 0.1) is 6.61 Å². The lowest BCUT2D eigenvalue weighted by Crippen LogP contribution is -2.30. The number of rotatable bonds is 5.